The van der Waals surface area contributed by atoms with Crippen LogP contribution < -0.4 is 24.3 Å². The Morgan fingerprint density at radius 3 is 2.44 bits per heavy atom. The monoisotopic (exact) mass is 343 g/mol. The zero-order valence-corrected chi connectivity index (χ0v) is 14.3. The second-order valence-electron chi connectivity index (χ2n) is 5.64. The van der Waals surface area contributed by atoms with Gasteiger partial charge in [0.15, 0.2) is 17.6 Å². The van der Waals surface area contributed by atoms with Gasteiger partial charge in [-0.25, -0.2) is 0 Å². The first-order valence-electron chi connectivity index (χ1n) is 8.17. The molecule has 25 heavy (non-hydrogen) atoms. The second kappa shape index (κ2) is 7.79. The standard InChI is InChI=1S/C19H21NO5/c1-13(25-16-7-5-15(22-2)6-8-16)19(21)20-14-4-9-17-18(12-14)24-11-3-10-23-17/h4-9,12-13H,3,10-11H2,1-2H3,(H,20,21)/t13-/m1/s1. The van der Waals surface area contributed by atoms with Gasteiger partial charge in [0.1, 0.15) is 11.5 Å². The van der Waals surface area contributed by atoms with Crippen LogP contribution in [0.5, 0.6) is 23.0 Å². The average Bonchev–Trinajstić information content (AvgIpc) is 2.87. The number of hydrogen-bond acceptors (Lipinski definition) is 5. The Morgan fingerprint density at radius 2 is 1.72 bits per heavy atom. The number of carbonyl (C=O) groups is 1. The summed E-state index contributed by atoms with van der Waals surface area (Å²) in [6.07, 6.45) is 0.188. The molecule has 0 spiro atoms. The molecule has 0 fully saturated rings. The zero-order valence-electron chi connectivity index (χ0n) is 14.3. The first-order valence-corrected chi connectivity index (χ1v) is 8.17. The highest BCUT2D eigenvalue weighted by Crippen LogP contribution is 2.32. The van der Waals surface area contributed by atoms with Crippen LogP contribution >= 0.6 is 0 Å². The van der Waals surface area contributed by atoms with Crippen molar-refractivity contribution in [2.24, 2.45) is 0 Å². The zero-order chi connectivity index (χ0) is 17.6. The van der Waals surface area contributed by atoms with E-state index < -0.39 is 6.10 Å². The van der Waals surface area contributed by atoms with E-state index in [0.29, 0.717) is 36.1 Å². The number of rotatable bonds is 5. The van der Waals surface area contributed by atoms with E-state index in [2.05, 4.69) is 5.32 Å². The fourth-order valence-electron chi connectivity index (χ4n) is 2.40. The van der Waals surface area contributed by atoms with Gasteiger partial charge in [0.25, 0.3) is 5.91 Å². The van der Waals surface area contributed by atoms with Crippen molar-refractivity contribution in [1.29, 1.82) is 0 Å². The third kappa shape index (κ3) is 4.35. The molecular formula is C19H21NO5. The molecule has 132 valence electrons. The van der Waals surface area contributed by atoms with Crippen LogP contribution in [0, 0.1) is 0 Å². The van der Waals surface area contributed by atoms with Gasteiger partial charge in [-0.2, -0.15) is 0 Å². The highest BCUT2D eigenvalue weighted by Gasteiger charge is 2.17. The maximum atomic E-state index is 12.3. The Hall–Kier alpha value is -2.89. The van der Waals surface area contributed by atoms with Crippen LogP contribution in [0.3, 0.4) is 0 Å². The molecule has 3 rings (SSSR count). The van der Waals surface area contributed by atoms with Gasteiger partial charge in [-0.15, -0.1) is 0 Å². The maximum Gasteiger partial charge on any atom is 0.265 e. The molecule has 1 atom stereocenters. The predicted molar refractivity (Wildman–Crippen MR) is 93.8 cm³/mol. The number of fused-ring (bicyclic) bond motifs is 1. The lowest BCUT2D eigenvalue weighted by atomic mass is 10.2. The minimum Gasteiger partial charge on any atom is -0.497 e. The molecule has 0 unspecified atom stereocenters. The molecular weight excluding hydrogens is 322 g/mol. The van der Waals surface area contributed by atoms with E-state index in [0.717, 1.165) is 12.2 Å². The summed E-state index contributed by atoms with van der Waals surface area (Å²) in [6.45, 7) is 2.93. The number of ether oxygens (including phenoxy) is 4. The molecule has 2 aromatic rings. The van der Waals surface area contributed by atoms with Crippen molar-refractivity contribution >= 4 is 11.6 Å². The van der Waals surface area contributed by atoms with Crippen LogP contribution in [0.1, 0.15) is 13.3 Å². The minimum absolute atomic E-state index is 0.245. The molecule has 1 N–H and O–H groups in total. The van der Waals surface area contributed by atoms with Crippen LogP contribution in [0.15, 0.2) is 42.5 Å². The number of benzene rings is 2. The fraction of sp³-hybridized carbons (Fsp3) is 0.316. The SMILES string of the molecule is COc1ccc(O[C@H](C)C(=O)Nc2ccc3c(c2)OCCCO3)cc1. The lowest BCUT2D eigenvalue weighted by molar-refractivity contribution is -0.122. The molecule has 0 saturated heterocycles. The number of hydrogen-bond donors (Lipinski definition) is 1. The molecule has 6 nitrogen and oxygen atoms in total. The van der Waals surface area contributed by atoms with Gasteiger partial charge >= 0.3 is 0 Å². The summed E-state index contributed by atoms with van der Waals surface area (Å²) in [5.74, 6) is 2.42. The van der Waals surface area contributed by atoms with E-state index >= 15 is 0 Å². The van der Waals surface area contributed by atoms with Crippen molar-refractivity contribution in [2.45, 2.75) is 19.4 Å². The topological polar surface area (TPSA) is 66.0 Å². The Labute approximate surface area is 146 Å². The second-order valence-corrected chi connectivity index (χ2v) is 5.64. The molecule has 1 aliphatic rings. The fourth-order valence-corrected chi connectivity index (χ4v) is 2.40. The van der Waals surface area contributed by atoms with Crippen LogP contribution in [-0.2, 0) is 4.79 Å². The number of amides is 1. The van der Waals surface area contributed by atoms with Crippen LogP contribution in [-0.4, -0.2) is 32.3 Å². The number of methoxy groups -OCH3 is 1. The maximum absolute atomic E-state index is 12.3. The van der Waals surface area contributed by atoms with E-state index in [4.69, 9.17) is 18.9 Å². The van der Waals surface area contributed by atoms with Crippen molar-refractivity contribution in [3.63, 3.8) is 0 Å². The van der Waals surface area contributed by atoms with Gasteiger partial charge in [0, 0.05) is 18.2 Å². The van der Waals surface area contributed by atoms with E-state index in [1.807, 2.05) is 0 Å². The summed E-state index contributed by atoms with van der Waals surface area (Å²) in [7, 11) is 1.60. The number of carbonyl (C=O) groups excluding carboxylic acids is 1. The first-order chi connectivity index (χ1) is 12.2. The molecule has 0 saturated carbocycles. The van der Waals surface area contributed by atoms with E-state index in [1.165, 1.54) is 0 Å². The summed E-state index contributed by atoms with van der Waals surface area (Å²) >= 11 is 0. The molecule has 0 aromatic heterocycles. The van der Waals surface area contributed by atoms with Gasteiger partial charge in [-0.05, 0) is 43.3 Å². The largest absolute Gasteiger partial charge is 0.497 e. The first kappa shape index (κ1) is 17.0. The van der Waals surface area contributed by atoms with Gasteiger partial charge in [0.05, 0.1) is 20.3 Å². The third-order valence-electron chi connectivity index (χ3n) is 3.76. The number of nitrogens with one attached hydrogen (secondary N) is 1. The van der Waals surface area contributed by atoms with E-state index in [1.54, 1.807) is 56.5 Å². The molecule has 1 aliphatic heterocycles. The van der Waals surface area contributed by atoms with E-state index in [9.17, 15) is 4.79 Å². The summed E-state index contributed by atoms with van der Waals surface area (Å²) in [5, 5.41) is 2.83. The van der Waals surface area contributed by atoms with Crippen molar-refractivity contribution < 1.29 is 23.7 Å². The normalized spacial score (nSPS) is 14.2. The molecule has 0 aliphatic carbocycles. The highest BCUT2D eigenvalue weighted by molar-refractivity contribution is 5.94. The Balaban J connectivity index is 1.61. The lowest BCUT2D eigenvalue weighted by Gasteiger charge is -2.16. The summed E-state index contributed by atoms with van der Waals surface area (Å²) in [6, 6.07) is 12.4. The Morgan fingerprint density at radius 1 is 1.04 bits per heavy atom. The van der Waals surface area contributed by atoms with Crippen molar-refractivity contribution in [3.8, 4) is 23.0 Å². The quantitative estimate of drug-likeness (QED) is 0.903. The van der Waals surface area contributed by atoms with E-state index in [-0.39, 0.29) is 5.91 Å². The van der Waals surface area contributed by atoms with Crippen LogP contribution in [0.4, 0.5) is 5.69 Å². The van der Waals surface area contributed by atoms with Crippen molar-refractivity contribution in [2.75, 3.05) is 25.6 Å². The molecule has 0 bridgehead atoms. The van der Waals surface area contributed by atoms with Crippen LogP contribution in [0.25, 0.3) is 0 Å². The molecule has 1 amide bonds. The van der Waals surface area contributed by atoms with Crippen molar-refractivity contribution in [1.82, 2.24) is 0 Å². The summed E-state index contributed by atoms with van der Waals surface area (Å²) in [4.78, 5) is 12.3. The smallest absolute Gasteiger partial charge is 0.265 e. The predicted octanol–water partition coefficient (Wildman–Crippen LogP) is 3.26. The lowest BCUT2D eigenvalue weighted by Crippen LogP contribution is -2.30. The third-order valence-corrected chi connectivity index (χ3v) is 3.76. The van der Waals surface area contributed by atoms with Gasteiger partial charge in [-0.1, -0.05) is 0 Å². The Kier molecular flexibility index (Phi) is 5.28. The number of anilines is 1. The molecule has 1 heterocycles. The van der Waals surface area contributed by atoms with Gasteiger partial charge in [-0.3, -0.25) is 4.79 Å². The van der Waals surface area contributed by atoms with Crippen LogP contribution in [0.2, 0.25) is 0 Å². The van der Waals surface area contributed by atoms with Gasteiger partial charge in [0.2, 0.25) is 0 Å². The molecule has 0 radical (unpaired) electrons. The summed E-state index contributed by atoms with van der Waals surface area (Å²) < 4.78 is 22.0. The highest BCUT2D eigenvalue weighted by atomic mass is 16.5. The van der Waals surface area contributed by atoms with Crippen molar-refractivity contribution in [3.05, 3.63) is 42.5 Å². The molecule has 6 heteroatoms. The Bertz CT molecular complexity index is 729. The van der Waals surface area contributed by atoms with Gasteiger partial charge < -0.3 is 24.3 Å². The molecule has 2 aromatic carbocycles. The minimum atomic E-state index is -0.649. The summed E-state index contributed by atoms with van der Waals surface area (Å²) in [5.41, 5.74) is 0.638. The average molecular weight is 343 g/mol.